The molecule has 0 spiro atoms. The van der Waals surface area contributed by atoms with Gasteiger partial charge in [-0.15, -0.1) is 0 Å². The molecule has 3 N–H and O–H groups in total. The summed E-state index contributed by atoms with van der Waals surface area (Å²) < 4.78 is 0. The van der Waals surface area contributed by atoms with Gasteiger partial charge in [0.15, 0.2) is 0 Å². The molecule has 66 valence electrons. The van der Waals surface area contributed by atoms with Crippen LogP contribution in [0.1, 0.15) is 39.0 Å². The number of hydrogen-bond donors (Lipinski definition) is 2. The van der Waals surface area contributed by atoms with E-state index >= 15 is 0 Å². The fourth-order valence-corrected chi connectivity index (χ4v) is 0.915. The Morgan fingerprint density at radius 3 is 2.64 bits per heavy atom. The van der Waals surface area contributed by atoms with Crippen LogP contribution in [0.25, 0.3) is 0 Å². The number of rotatable bonds is 6. The van der Waals surface area contributed by atoms with Crippen molar-refractivity contribution in [2.24, 2.45) is 5.73 Å². The van der Waals surface area contributed by atoms with Gasteiger partial charge in [-0.3, -0.25) is 4.79 Å². The maximum atomic E-state index is 10.8. The minimum atomic E-state index is 0.0728. The van der Waals surface area contributed by atoms with E-state index in [1.165, 1.54) is 12.8 Å². The summed E-state index contributed by atoms with van der Waals surface area (Å²) in [5.74, 6) is 0.0728. The van der Waals surface area contributed by atoms with Gasteiger partial charge in [0.25, 0.3) is 0 Å². The molecule has 3 heteroatoms. The SMILES string of the molecule is CCCCCCC(=O)NCN. The summed E-state index contributed by atoms with van der Waals surface area (Å²) in [4.78, 5) is 10.8. The van der Waals surface area contributed by atoms with Crippen molar-refractivity contribution in [1.29, 1.82) is 0 Å². The molecule has 0 aromatic rings. The van der Waals surface area contributed by atoms with E-state index in [1.54, 1.807) is 0 Å². The van der Waals surface area contributed by atoms with Crippen LogP contribution in [-0.4, -0.2) is 12.6 Å². The van der Waals surface area contributed by atoms with Crippen molar-refractivity contribution in [2.75, 3.05) is 6.67 Å². The Morgan fingerprint density at radius 2 is 2.09 bits per heavy atom. The number of nitrogens with two attached hydrogens (primary N) is 1. The quantitative estimate of drug-likeness (QED) is 0.447. The summed E-state index contributed by atoms with van der Waals surface area (Å²) >= 11 is 0. The van der Waals surface area contributed by atoms with Crippen molar-refractivity contribution in [2.45, 2.75) is 39.0 Å². The first-order valence-electron chi connectivity index (χ1n) is 4.28. The molecule has 11 heavy (non-hydrogen) atoms. The molecule has 0 unspecified atom stereocenters. The molecule has 0 fully saturated rings. The Morgan fingerprint density at radius 1 is 1.36 bits per heavy atom. The molecule has 0 saturated carbocycles. The average Bonchev–Trinajstić information content (AvgIpc) is 1.99. The Balaban J connectivity index is 3.04. The van der Waals surface area contributed by atoms with Crippen LogP contribution < -0.4 is 11.1 Å². The van der Waals surface area contributed by atoms with Gasteiger partial charge in [-0.25, -0.2) is 0 Å². The normalized spacial score (nSPS) is 9.64. The predicted molar refractivity (Wildman–Crippen MR) is 46.0 cm³/mol. The van der Waals surface area contributed by atoms with E-state index < -0.39 is 0 Å². The van der Waals surface area contributed by atoms with Gasteiger partial charge in [0.1, 0.15) is 0 Å². The van der Waals surface area contributed by atoms with E-state index in [2.05, 4.69) is 12.2 Å². The lowest BCUT2D eigenvalue weighted by Crippen LogP contribution is -2.28. The van der Waals surface area contributed by atoms with E-state index in [-0.39, 0.29) is 12.6 Å². The second-order valence-corrected chi connectivity index (χ2v) is 2.61. The number of carbonyl (C=O) groups is 1. The topological polar surface area (TPSA) is 55.1 Å². The van der Waals surface area contributed by atoms with Gasteiger partial charge in [0, 0.05) is 6.42 Å². The van der Waals surface area contributed by atoms with Gasteiger partial charge in [0.2, 0.25) is 5.91 Å². The summed E-state index contributed by atoms with van der Waals surface area (Å²) in [5, 5.41) is 2.56. The zero-order chi connectivity index (χ0) is 8.53. The van der Waals surface area contributed by atoms with Crippen LogP contribution in [0.3, 0.4) is 0 Å². The Labute approximate surface area is 68.3 Å². The lowest BCUT2D eigenvalue weighted by Gasteiger charge is -2.00. The van der Waals surface area contributed by atoms with Crippen molar-refractivity contribution in [1.82, 2.24) is 5.32 Å². The lowest BCUT2D eigenvalue weighted by atomic mass is 10.1. The molecule has 0 aliphatic rings. The molecule has 0 saturated heterocycles. The van der Waals surface area contributed by atoms with Gasteiger partial charge in [-0.05, 0) is 6.42 Å². The Bertz CT molecular complexity index is 104. The van der Waals surface area contributed by atoms with E-state index in [0.29, 0.717) is 6.42 Å². The summed E-state index contributed by atoms with van der Waals surface area (Å²) in [7, 11) is 0. The lowest BCUT2D eigenvalue weighted by molar-refractivity contribution is -0.121. The monoisotopic (exact) mass is 158 g/mol. The molecule has 0 aliphatic heterocycles. The van der Waals surface area contributed by atoms with Crippen molar-refractivity contribution in [3.63, 3.8) is 0 Å². The van der Waals surface area contributed by atoms with Crippen molar-refractivity contribution < 1.29 is 4.79 Å². The van der Waals surface area contributed by atoms with Crippen molar-refractivity contribution in [3.8, 4) is 0 Å². The first kappa shape index (κ1) is 10.4. The van der Waals surface area contributed by atoms with Crippen LogP contribution in [0.5, 0.6) is 0 Å². The van der Waals surface area contributed by atoms with E-state index in [0.717, 1.165) is 12.8 Å². The molecule has 0 radical (unpaired) electrons. The maximum Gasteiger partial charge on any atom is 0.220 e. The third-order valence-electron chi connectivity index (χ3n) is 1.56. The van der Waals surface area contributed by atoms with Crippen molar-refractivity contribution in [3.05, 3.63) is 0 Å². The molecule has 0 aromatic carbocycles. The van der Waals surface area contributed by atoms with Gasteiger partial charge >= 0.3 is 0 Å². The molecular weight excluding hydrogens is 140 g/mol. The van der Waals surface area contributed by atoms with Gasteiger partial charge in [-0.1, -0.05) is 26.2 Å². The molecule has 0 aliphatic carbocycles. The van der Waals surface area contributed by atoms with Gasteiger partial charge in [-0.2, -0.15) is 0 Å². The Kier molecular flexibility index (Phi) is 7.15. The van der Waals surface area contributed by atoms with Gasteiger partial charge in [0.05, 0.1) is 6.67 Å². The first-order chi connectivity index (χ1) is 5.31. The van der Waals surface area contributed by atoms with Crippen LogP contribution in [0.2, 0.25) is 0 Å². The zero-order valence-corrected chi connectivity index (χ0v) is 7.23. The van der Waals surface area contributed by atoms with Crippen LogP contribution >= 0.6 is 0 Å². The fraction of sp³-hybridized carbons (Fsp3) is 0.875. The van der Waals surface area contributed by atoms with Crippen LogP contribution in [0.4, 0.5) is 0 Å². The summed E-state index contributed by atoms with van der Waals surface area (Å²) in [6.45, 7) is 2.41. The molecular formula is C8H18N2O. The average molecular weight is 158 g/mol. The molecule has 3 nitrogen and oxygen atoms in total. The molecule has 1 amide bonds. The largest absolute Gasteiger partial charge is 0.344 e. The van der Waals surface area contributed by atoms with Gasteiger partial charge < -0.3 is 11.1 Å². The zero-order valence-electron chi connectivity index (χ0n) is 7.23. The number of amides is 1. The highest BCUT2D eigenvalue weighted by atomic mass is 16.1. The highest BCUT2D eigenvalue weighted by molar-refractivity contribution is 5.75. The molecule has 0 aromatic heterocycles. The highest BCUT2D eigenvalue weighted by Crippen LogP contribution is 2.01. The van der Waals surface area contributed by atoms with E-state index in [9.17, 15) is 4.79 Å². The maximum absolute atomic E-state index is 10.8. The van der Waals surface area contributed by atoms with E-state index in [4.69, 9.17) is 5.73 Å². The van der Waals surface area contributed by atoms with Crippen LogP contribution in [0.15, 0.2) is 0 Å². The Hall–Kier alpha value is -0.570. The third-order valence-corrected chi connectivity index (χ3v) is 1.56. The van der Waals surface area contributed by atoms with Crippen LogP contribution in [-0.2, 0) is 4.79 Å². The number of nitrogens with one attached hydrogen (secondary N) is 1. The second-order valence-electron chi connectivity index (χ2n) is 2.61. The fourth-order valence-electron chi connectivity index (χ4n) is 0.915. The highest BCUT2D eigenvalue weighted by Gasteiger charge is 1.97. The minimum Gasteiger partial charge on any atom is -0.344 e. The predicted octanol–water partition coefficient (Wildman–Crippen LogP) is 0.989. The smallest absolute Gasteiger partial charge is 0.220 e. The number of carbonyl (C=O) groups excluding carboxylic acids is 1. The first-order valence-corrected chi connectivity index (χ1v) is 4.28. The number of unbranched alkanes of at least 4 members (excludes halogenated alkanes) is 3. The van der Waals surface area contributed by atoms with E-state index in [1.807, 2.05) is 0 Å². The summed E-state index contributed by atoms with van der Waals surface area (Å²) in [6, 6.07) is 0. The van der Waals surface area contributed by atoms with Crippen LogP contribution in [0, 0.1) is 0 Å². The standard InChI is InChI=1S/C8H18N2O/c1-2-3-4-5-6-8(11)10-7-9/h2-7,9H2,1H3,(H,10,11). The molecule has 0 atom stereocenters. The molecule has 0 bridgehead atoms. The van der Waals surface area contributed by atoms with Crippen molar-refractivity contribution >= 4 is 5.91 Å². The molecule has 0 rings (SSSR count). The summed E-state index contributed by atoms with van der Waals surface area (Å²) in [6.07, 6.45) is 5.18. The minimum absolute atomic E-state index is 0.0728. The molecule has 0 heterocycles. The number of hydrogen-bond acceptors (Lipinski definition) is 2. The third kappa shape index (κ3) is 7.33. The summed E-state index contributed by atoms with van der Waals surface area (Å²) in [5.41, 5.74) is 5.13. The second kappa shape index (κ2) is 7.54.